The quantitative estimate of drug-likeness (QED) is 0.791. The predicted octanol–water partition coefficient (Wildman–Crippen LogP) is 3.80. The molecule has 0 amide bonds. The second-order valence-electron chi connectivity index (χ2n) is 4.68. The highest BCUT2D eigenvalue weighted by Gasteiger charge is 2.16. The van der Waals surface area contributed by atoms with Gasteiger partial charge >= 0.3 is 0 Å². The van der Waals surface area contributed by atoms with Gasteiger partial charge in [-0.1, -0.05) is 18.2 Å². The topological polar surface area (TPSA) is 20.3 Å². The minimum absolute atomic E-state index is 0.0615. The number of ketones is 1. The van der Waals surface area contributed by atoms with Crippen molar-refractivity contribution in [2.75, 3.05) is 11.9 Å². The molecule has 2 aromatic rings. The third-order valence-electron chi connectivity index (χ3n) is 3.06. The van der Waals surface area contributed by atoms with Crippen LogP contribution in [0.15, 0.2) is 42.5 Å². The summed E-state index contributed by atoms with van der Waals surface area (Å²) in [5.41, 5.74) is 1.32. The van der Waals surface area contributed by atoms with Crippen molar-refractivity contribution in [3.05, 3.63) is 65.2 Å². The van der Waals surface area contributed by atoms with Gasteiger partial charge in [0.1, 0.15) is 11.6 Å². The largest absolute Gasteiger partial charge is 0.370 e. The number of hydrogen-bond donors (Lipinski definition) is 0. The number of nitrogens with zero attached hydrogens (tertiary/aromatic N) is 1. The Morgan fingerprint density at radius 2 is 1.85 bits per heavy atom. The highest BCUT2D eigenvalue weighted by Crippen LogP contribution is 2.24. The summed E-state index contributed by atoms with van der Waals surface area (Å²) < 4.78 is 26.9. The van der Waals surface area contributed by atoms with Gasteiger partial charge < -0.3 is 4.90 Å². The molecule has 4 heteroatoms. The van der Waals surface area contributed by atoms with Crippen LogP contribution in [0.25, 0.3) is 0 Å². The van der Waals surface area contributed by atoms with Crippen LogP contribution in [0.2, 0.25) is 0 Å². The van der Waals surface area contributed by atoms with Gasteiger partial charge in [-0.2, -0.15) is 0 Å². The highest BCUT2D eigenvalue weighted by atomic mass is 19.1. The molecule has 0 fully saturated rings. The SMILES string of the molecule is CC(=O)c1c(F)cccc1N(C)Cc1cccc(F)c1. The maximum Gasteiger partial charge on any atom is 0.164 e. The molecule has 2 nitrogen and oxygen atoms in total. The van der Waals surface area contributed by atoms with Crippen LogP contribution in [-0.4, -0.2) is 12.8 Å². The van der Waals surface area contributed by atoms with E-state index in [1.54, 1.807) is 36.2 Å². The molecule has 0 atom stereocenters. The van der Waals surface area contributed by atoms with E-state index in [2.05, 4.69) is 0 Å². The number of rotatable bonds is 4. The molecule has 0 aliphatic carbocycles. The molecular weight excluding hydrogens is 260 g/mol. The van der Waals surface area contributed by atoms with Crippen molar-refractivity contribution in [1.82, 2.24) is 0 Å². The summed E-state index contributed by atoms with van der Waals surface area (Å²) in [6.07, 6.45) is 0. The zero-order valence-corrected chi connectivity index (χ0v) is 11.4. The van der Waals surface area contributed by atoms with E-state index in [-0.39, 0.29) is 17.2 Å². The number of Topliss-reactive ketones (excluding diaryl/α,β-unsaturated/α-hetero) is 1. The molecule has 2 rings (SSSR count). The van der Waals surface area contributed by atoms with E-state index < -0.39 is 5.82 Å². The molecule has 0 heterocycles. The number of anilines is 1. The van der Waals surface area contributed by atoms with E-state index in [0.717, 1.165) is 5.56 Å². The summed E-state index contributed by atoms with van der Waals surface area (Å²) in [4.78, 5) is 13.3. The summed E-state index contributed by atoms with van der Waals surface area (Å²) in [6, 6.07) is 10.7. The Labute approximate surface area is 116 Å². The third kappa shape index (κ3) is 3.02. The molecule has 0 bridgehead atoms. The van der Waals surface area contributed by atoms with E-state index in [0.29, 0.717) is 12.2 Å². The van der Waals surface area contributed by atoms with E-state index in [1.165, 1.54) is 25.1 Å². The molecule has 0 aliphatic rings. The van der Waals surface area contributed by atoms with Crippen LogP contribution in [-0.2, 0) is 6.54 Å². The van der Waals surface area contributed by atoms with Gasteiger partial charge in [-0.3, -0.25) is 4.79 Å². The molecule has 0 aliphatic heterocycles. The Morgan fingerprint density at radius 3 is 2.50 bits per heavy atom. The fraction of sp³-hybridized carbons (Fsp3) is 0.188. The van der Waals surface area contributed by atoms with Crippen molar-refractivity contribution in [2.45, 2.75) is 13.5 Å². The van der Waals surface area contributed by atoms with Gasteiger partial charge in [-0.05, 0) is 36.8 Å². The van der Waals surface area contributed by atoms with Crippen molar-refractivity contribution in [3.8, 4) is 0 Å². The summed E-state index contributed by atoms with van der Waals surface area (Å²) in [5.74, 6) is -1.19. The van der Waals surface area contributed by atoms with E-state index in [1.807, 2.05) is 0 Å². The number of carbonyl (C=O) groups excluding carboxylic acids is 1. The smallest absolute Gasteiger partial charge is 0.164 e. The molecule has 0 saturated carbocycles. The molecular formula is C16H15F2NO. The zero-order chi connectivity index (χ0) is 14.7. The molecule has 104 valence electrons. The number of benzene rings is 2. The normalized spacial score (nSPS) is 10.4. The number of hydrogen-bond acceptors (Lipinski definition) is 2. The molecule has 0 N–H and O–H groups in total. The van der Waals surface area contributed by atoms with Crippen LogP contribution in [0.5, 0.6) is 0 Å². The lowest BCUT2D eigenvalue weighted by Gasteiger charge is -2.22. The van der Waals surface area contributed by atoms with Crippen LogP contribution < -0.4 is 4.90 Å². The fourth-order valence-corrected chi connectivity index (χ4v) is 2.17. The van der Waals surface area contributed by atoms with Crippen molar-refractivity contribution in [2.24, 2.45) is 0 Å². The third-order valence-corrected chi connectivity index (χ3v) is 3.06. The first-order valence-corrected chi connectivity index (χ1v) is 6.24. The highest BCUT2D eigenvalue weighted by molar-refractivity contribution is 5.99. The van der Waals surface area contributed by atoms with Gasteiger partial charge in [-0.15, -0.1) is 0 Å². The first-order chi connectivity index (χ1) is 9.49. The van der Waals surface area contributed by atoms with Crippen molar-refractivity contribution >= 4 is 11.5 Å². The molecule has 0 unspecified atom stereocenters. The lowest BCUT2D eigenvalue weighted by Crippen LogP contribution is -2.19. The molecule has 20 heavy (non-hydrogen) atoms. The second kappa shape index (κ2) is 5.82. The van der Waals surface area contributed by atoms with Gasteiger partial charge in [0.25, 0.3) is 0 Å². The molecule has 0 saturated heterocycles. The summed E-state index contributed by atoms with van der Waals surface area (Å²) in [5, 5.41) is 0. The maximum absolute atomic E-state index is 13.8. The monoisotopic (exact) mass is 275 g/mol. The van der Waals surface area contributed by atoms with Gasteiger partial charge in [-0.25, -0.2) is 8.78 Å². The maximum atomic E-state index is 13.8. The second-order valence-corrected chi connectivity index (χ2v) is 4.68. The van der Waals surface area contributed by atoms with Crippen LogP contribution in [0, 0.1) is 11.6 Å². The Kier molecular flexibility index (Phi) is 4.13. The van der Waals surface area contributed by atoms with E-state index >= 15 is 0 Å². The van der Waals surface area contributed by atoms with Gasteiger partial charge in [0.05, 0.1) is 11.3 Å². The summed E-state index contributed by atoms with van der Waals surface area (Å²) in [7, 11) is 1.74. The van der Waals surface area contributed by atoms with Crippen LogP contribution in [0.1, 0.15) is 22.8 Å². The average molecular weight is 275 g/mol. The average Bonchev–Trinajstić information content (AvgIpc) is 2.37. The minimum atomic E-state index is -0.541. The van der Waals surface area contributed by atoms with Crippen LogP contribution in [0.3, 0.4) is 0 Å². The van der Waals surface area contributed by atoms with Gasteiger partial charge in [0, 0.05) is 13.6 Å². The number of carbonyl (C=O) groups is 1. The molecule has 0 radical (unpaired) electrons. The number of halogens is 2. The minimum Gasteiger partial charge on any atom is -0.370 e. The van der Waals surface area contributed by atoms with Gasteiger partial charge in [0.15, 0.2) is 5.78 Å². The van der Waals surface area contributed by atoms with Crippen molar-refractivity contribution in [1.29, 1.82) is 0 Å². The molecule has 0 spiro atoms. The van der Waals surface area contributed by atoms with Crippen LogP contribution in [0.4, 0.5) is 14.5 Å². The lowest BCUT2D eigenvalue weighted by molar-refractivity contribution is 0.101. The van der Waals surface area contributed by atoms with E-state index in [9.17, 15) is 13.6 Å². The van der Waals surface area contributed by atoms with E-state index in [4.69, 9.17) is 0 Å². The first kappa shape index (κ1) is 14.2. The lowest BCUT2D eigenvalue weighted by atomic mass is 10.1. The predicted molar refractivity (Wildman–Crippen MR) is 74.9 cm³/mol. The Morgan fingerprint density at radius 1 is 1.15 bits per heavy atom. The Bertz CT molecular complexity index is 640. The Balaban J connectivity index is 2.32. The van der Waals surface area contributed by atoms with Crippen molar-refractivity contribution < 1.29 is 13.6 Å². The zero-order valence-electron chi connectivity index (χ0n) is 11.4. The fourth-order valence-electron chi connectivity index (χ4n) is 2.17. The summed E-state index contributed by atoms with van der Waals surface area (Å²) >= 11 is 0. The first-order valence-electron chi connectivity index (χ1n) is 6.24. The molecule has 0 aromatic heterocycles. The van der Waals surface area contributed by atoms with Gasteiger partial charge in [0.2, 0.25) is 0 Å². The van der Waals surface area contributed by atoms with Crippen LogP contribution >= 0.6 is 0 Å². The Hall–Kier alpha value is -2.23. The standard InChI is InChI=1S/C16H15F2NO/c1-11(20)16-14(18)7-4-8-15(16)19(2)10-12-5-3-6-13(17)9-12/h3-9H,10H2,1-2H3. The molecule has 2 aromatic carbocycles. The van der Waals surface area contributed by atoms with Crippen molar-refractivity contribution in [3.63, 3.8) is 0 Å². The summed E-state index contributed by atoms with van der Waals surface area (Å²) in [6.45, 7) is 1.72.